The molecule has 0 saturated carbocycles. The van der Waals surface area contributed by atoms with Gasteiger partial charge in [-0.2, -0.15) is 0 Å². The number of rotatable bonds is 5. The first-order valence-electron chi connectivity index (χ1n) is 6.84. The predicted molar refractivity (Wildman–Crippen MR) is 89.5 cm³/mol. The fourth-order valence-electron chi connectivity index (χ4n) is 1.75. The van der Waals surface area contributed by atoms with Crippen molar-refractivity contribution in [3.63, 3.8) is 0 Å². The summed E-state index contributed by atoms with van der Waals surface area (Å²) in [5, 5.41) is 6.86. The Morgan fingerprint density at radius 3 is 2.62 bits per heavy atom. The Labute approximate surface area is 130 Å². The SMILES string of the molecule is CC(C)Oc1ccc(NC(=S)NCc2cccnc2)cc1. The summed E-state index contributed by atoms with van der Waals surface area (Å²) in [6.45, 7) is 4.65. The van der Waals surface area contributed by atoms with Crippen molar-refractivity contribution in [2.75, 3.05) is 5.32 Å². The first-order valence-corrected chi connectivity index (χ1v) is 7.25. The van der Waals surface area contributed by atoms with Crippen LogP contribution in [0, 0.1) is 0 Å². The fourth-order valence-corrected chi connectivity index (χ4v) is 1.94. The van der Waals surface area contributed by atoms with Gasteiger partial charge in [-0.05, 0) is 62.0 Å². The van der Waals surface area contributed by atoms with Crippen LogP contribution in [0.5, 0.6) is 5.75 Å². The number of thiocarbonyl (C=S) groups is 1. The standard InChI is InChI=1S/C16H19N3OS/c1-12(2)20-15-7-5-14(6-8-15)19-16(21)18-11-13-4-3-9-17-10-13/h3-10,12H,11H2,1-2H3,(H2,18,19,21). The highest BCUT2D eigenvalue weighted by Crippen LogP contribution is 2.16. The van der Waals surface area contributed by atoms with Crippen molar-refractivity contribution in [1.82, 2.24) is 10.3 Å². The first kappa shape index (κ1) is 15.3. The van der Waals surface area contributed by atoms with Crippen LogP contribution in [0.25, 0.3) is 0 Å². The molecule has 0 atom stereocenters. The number of ether oxygens (including phenoxy) is 1. The minimum Gasteiger partial charge on any atom is -0.491 e. The van der Waals surface area contributed by atoms with Gasteiger partial charge in [0, 0.05) is 24.6 Å². The van der Waals surface area contributed by atoms with Gasteiger partial charge < -0.3 is 15.4 Å². The summed E-state index contributed by atoms with van der Waals surface area (Å²) in [7, 11) is 0. The molecule has 0 aliphatic heterocycles. The number of benzene rings is 1. The minimum atomic E-state index is 0.172. The van der Waals surface area contributed by atoms with Crippen LogP contribution in [-0.2, 0) is 6.54 Å². The Balaban J connectivity index is 1.82. The van der Waals surface area contributed by atoms with Crippen LogP contribution in [0.15, 0.2) is 48.8 Å². The smallest absolute Gasteiger partial charge is 0.171 e. The zero-order valence-electron chi connectivity index (χ0n) is 12.2. The third kappa shape index (κ3) is 5.39. The molecule has 21 heavy (non-hydrogen) atoms. The van der Waals surface area contributed by atoms with Gasteiger partial charge in [-0.25, -0.2) is 0 Å². The molecule has 0 spiro atoms. The molecule has 0 saturated heterocycles. The van der Waals surface area contributed by atoms with E-state index in [1.807, 2.05) is 56.4 Å². The summed E-state index contributed by atoms with van der Waals surface area (Å²) in [6.07, 6.45) is 3.74. The van der Waals surface area contributed by atoms with Crippen LogP contribution < -0.4 is 15.4 Å². The lowest BCUT2D eigenvalue weighted by Crippen LogP contribution is -2.27. The maximum Gasteiger partial charge on any atom is 0.171 e. The van der Waals surface area contributed by atoms with Gasteiger partial charge in [0.2, 0.25) is 0 Å². The molecule has 4 nitrogen and oxygen atoms in total. The van der Waals surface area contributed by atoms with E-state index in [0.29, 0.717) is 11.7 Å². The lowest BCUT2D eigenvalue weighted by molar-refractivity contribution is 0.242. The predicted octanol–water partition coefficient (Wildman–Crippen LogP) is 3.36. The third-order valence-corrected chi connectivity index (χ3v) is 2.91. The van der Waals surface area contributed by atoms with Crippen molar-refractivity contribution in [3.05, 3.63) is 54.4 Å². The van der Waals surface area contributed by atoms with E-state index in [4.69, 9.17) is 17.0 Å². The van der Waals surface area contributed by atoms with Gasteiger partial charge in [0.05, 0.1) is 6.10 Å². The van der Waals surface area contributed by atoms with E-state index in [9.17, 15) is 0 Å². The summed E-state index contributed by atoms with van der Waals surface area (Å²) in [4.78, 5) is 4.06. The Kier molecular flexibility index (Phi) is 5.51. The van der Waals surface area contributed by atoms with E-state index < -0.39 is 0 Å². The first-order chi connectivity index (χ1) is 10.1. The Morgan fingerprint density at radius 2 is 2.00 bits per heavy atom. The monoisotopic (exact) mass is 301 g/mol. The molecule has 0 aliphatic rings. The van der Waals surface area contributed by atoms with E-state index in [1.165, 1.54) is 0 Å². The van der Waals surface area contributed by atoms with Crippen LogP contribution in [0.3, 0.4) is 0 Å². The number of nitrogens with zero attached hydrogens (tertiary/aromatic N) is 1. The van der Waals surface area contributed by atoms with Crippen LogP contribution in [-0.4, -0.2) is 16.2 Å². The largest absolute Gasteiger partial charge is 0.491 e. The van der Waals surface area contributed by atoms with Gasteiger partial charge in [-0.3, -0.25) is 4.98 Å². The van der Waals surface area contributed by atoms with E-state index >= 15 is 0 Å². The average Bonchev–Trinajstić information content (AvgIpc) is 2.48. The molecule has 0 unspecified atom stereocenters. The van der Waals surface area contributed by atoms with Crippen molar-refractivity contribution in [2.24, 2.45) is 0 Å². The number of hydrogen-bond donors (Lipinski definition) is 2. The second-order valence-corrected chi connectivity index (χ2v) is 5.27. The molecule has 1 aromatic heterocycles. The van der Waals surface area contributed by atoms with Crippen molar-refractivity contribution in [1.29, 1.82) is 0 Å². The second kappa shape index (κ2) is 7.59. The molecule has 0 aliphatic carbocycles. The van der Waals surface area contributed by atoms with Gasteiger partial charge in [0.25, 0.3) is 0 Å². The zero-order valence-corrected chi connectivity index (χ0v) is 13.0. The van der Waals surface area contributed by atoms with Gasteiger partial charge in [0.15, 0.2) is 5.11 Å². The maximum atomic E-state index is 5.60. The van der Waals surface area contributed by atoms with Crippen molar-refractivity contribution < 1.29 is 4.74 Å². The Morgan fingerprint density at radius 1 is 1.24 bits per heavy atom. The van der Waals surface area contributed by atoms with Gasteiger partial charge in [0.1, 0.15) is 5.75 Å². The van der Waals surface area contributed by atoms with Crippen molar-refractivity contribution in [2.45, 2.75) is 26.5 Å². The molecule has 2 N–H and O–H groups in total. The Bertz CT molecular complexity index is 570. The zero-order chi connectivity index (χ0) is 15.1. The van der Waals surface area contributed by atoms with Gasteiger partial charge >= 0.3 is 0 Å². The summed E-state index contributed by atoms with van der Waals surface area (Å²) in [6, 6.07) is 11.6. The average molecular weight is 301 g/mol. The Hall–Kier alpha value is -2.14. The second-order valence-electron chi connectivity index (χ2n) is 4.86. The van der Waals surface area contributed by atoms with Crippen molar-refractivity contribution in [3.8, 4) is 5.75 Å². The maximum absolute atomic E-state index is 5.60. The van der Waals surface area contributed by atoms with Crippen LogP contribution in [0.1, 0.15) is 19.4 Å². The molecule has 0 fully saturated rings. The van der Waals surface area contributed by atoms with E-state index in [-0.39, 0.29) is 6.10 Å². The molecule has 0 radical (unpaired) electrons. The highest BCUT2D eigenvalue weighted by Gasteiger charge is 2.00. The normalized spacial score (nSPS) is 10.2. The third-order valence-electron chi connectivity index (χ3n) is 2.66. The van der Waals surface area contributed by atoms with E-state index in [1.54, 1.807) is 6.20 Å². The minimum absolute atomic E-state index is 0.172. The lowest BCUT2D eigenvalue weighted by Gasteiger charge is -2.12. The number of pyridine rings is 1. The van der Waals surface area contributed by atoms with Crippen LogP contribution >= 0.6 is 12.2 Å². The summed E-state index contributed by atoms with van der Waals surface area (Å²) >= 11 is 5.26. The molecule has 0 amide bonds. The highest BCUT2D eigenvalue weighted by atomic mass is 32.1. The molecule has 5 heteroatoms. The van der Waals surface area contributed by atoms with Crippen LogP contribution in [0.4, 0.5) is 5.69 Å². The number of aromatic nitrogens is 1. The lowest BCUT2D eigenvalue weighted by atomic mass is 10.3. The summed E-state index contributed by atoms with van der Waals surface area (Å²) < 4.78 is 5.60. The van der Waals surface area contributed by atoms with E-state index in [0.717, 1.165) is 17.0 Å². The summed E-state index contributed by atoms with van der Waals surface area (Å²) in [5.41, 5.74) is 2.01. The molecular weight excluding hydrogens is 282 g/mol. The van der Waals surface area contributed by atoms with Gasteiger partial charge in [-0.15, -0.1) is 0 Å². The van der Waals surface area contributed by atoms with Crippen LogP contribution in [0.2, 0.25) is 0 Å². The number of hydrogen-bond acceptors (Lipinski definition) is 3. The number of anilines is 1. The molecule has 2 rings (SSSR count). The fraction of sp³-hybridized carbons (Fsp3) is 0.250. The van der Waals surface area contributed by atoms with E-state index in [2.05, 4.69) is 15.6 Å². The topological polar surface area (TPSA) is 46.2 Å². The highest BCUT2D eigenvalue weighted by molar-refractivity contribution is 7.80. The molecule has 1 heterocycles. The van der Waals surface area contributed by atoms with Crippen molar-refractivity contribution >= 4 is 23.0 Å². The summed E-state index contributed by atoms with van der Waals surface area (Å²) in [5.74, 6) is 0.852. The molecule has 0 bridgehead atoms. The molecule has 110 valence electrons. The quantitative estimate of drug-likeness (QED) is 0.829. The van der Waals surface area contributed by atoms with Gasteiger partial charge in [-0.1, -0.05) is 6.07 Å². The number of nitrogens with one attached hydrogen (secondary N) is 2. The molecular formula is C16H19N3OS. The molecule has 1 aromatic carbocycles. The molecule has 2 aromatic rings.